The molecule has 0 unspecified atom stereocenters. The lowest BCUT2D eigenvalue weighted by molar-refractivity contribution is -0.382. The van der Waals surface area contributed by atoms with Crippen molar-refractivity contribution in [2.75, 3.05) is 21.3 Å². The van der Waals surface area contributed by atoms with Gasteiger partial charge in [0.1, 0.15) is 0 Å². The van der Waals surface area contributed by atoms with Gasteiger partial charge in [0.25, 0.3) is 5.97 Å². The molecule has 3 nitrogen and oxygen atoms in total. The summed E-state index contributed by atoms with van der Waals surface area (Å²) in [7, 11) is 4.97. The van der Waals surface area contributed by atoms with Gasteiger partial charge in [0.2, 0.25) is 0 Å². The van der Waals surface area contributed by atoms with Gasteiger partial charge in [-0.2, -0.15) is 0 Å². The third kappa shape index (κ3) is 3.21. The van der Waals surface area contributed by atoms with Gasteiger partial charge in [-0.3, -0.25) is 0 Å². The SMILES string of the molecule is COC(OC)(OC)C1CCC(C(C)(C)C)CC1. The molecule has 0 bridgehead atoms. The Morgan fingerprint density at radius 1 is 0.706 bits per heavy atom. The minimum Gasteiger partial charge on any atom is -0.331 e. The maximum absolute atomic E-state index is 5.45. The summed E-state index contributed by atoms with van der Waals surface area (Å²) in [5.41, 5.74) is 0.404. The standard InChI is InChI=1S/C14H28O3/c1-13(2,3)11-7-9-12(10-8-11)14(15-4,16-5)17-6/h11-12H,7-10H2,1-6H3. The van der Waals surface area contributed by atoms with Gasteiger partial charge in [-0.1, -0.05) is 20.8 Å². The zero-order valence-electron chi connectivity index (χ0n) is 12.2. The zero-order valence-corrected chi connectivity index (χ0v) is 12.2. The molecule has 0 amide bonds. The predicted molar refractivity (Wildman–Crippen MR) is 68.7 cm³/mol. The quantitative estimate of drug-likeness (QED) is 0.709. The van der Waals surface area contributed by atoms with Gasteiger partial charge in [-0.25, -0.2) is 0 Å². The van der Waals surface area contributed by atoms with Gasteiger partial charge in [0.15, 0.2) is 0 Å². The fourth-order valence-electron chi connectivity index (χ4n) is 3.06. The van der Waals surface area contributed by atoms with Crippen molar-refractivity contribution < 1.29 is 14.2 Å². The van der Waals surface area contributed by atoms with E-state index in [0.717, 1.165) is 18.8 Å². The molecule has 0 aliphatic heterocycles. The second kappa shape index (κ2) is 5.68. The van der Waals surface area contributed by atoms with Gasteiger partial charge in [-0.05, 0) is 37.0 Å². The van der Waals surface area contributed by atoms with Crippen LogP contribution in [0, 0.1) is 17.3 Å². The first-order valence-electron chi connectivity index (χ1n) is 6.55. The molecule has 1 saturated carbocycles. The molecule has 0 atom stereocenters. The fourth-order valence-corrected chi connectivity index (χ4v) is 3.06. The lowest BCUT2D eigenvalue weighted by atomic mass is 9.69. The molecule has 0 aromatic carbocycles. The van der Waals surface area contributed by atoms with Crippen LogP contribution >= 0.6 is 0 Å². The summed E-state index contributed by atoms with van der Waals surface area (Å²) in [5.74, 6) is 0.283. The van der Waals surface area contributed by atoms with Crippen molar-refractivity contribution >= 4 is 0 Å². The highest BCUT2D eigenvalue weighted by molar-refractivity contribution is 4.84. The first kappa shape index (κ1) is 14.9. The largest absolute Gasteiger partial charge is 0.331 e. The lowest BCUT2D eigenvalue weighted by Crippen LogP contribution is -2.46. The summed E-state index contributed by atoms with van der Waals surface area (Å²) in [6, 6.07) is 0. The molecule has 3 heteroatoms. The predicted octanol–water partition coefficient (Wildman–Crippen LogP) is 3.43. The third-order valence-electron chi connectivity index (χ3n) is 4.31. The summed E-state index contributed by atoms with van der Waals surface area (Å²) in [6.45, 7) is 6.98. The van der Waals surface area contributed by atoms with E-state index in [4.69, 9.17) is 14.2 Å². The average molecular weight is 244 g/mol. The second-order valence-corrected chi connectivity index (χ2v) is 6.13. The maximum Gasteiger partial charge on any atom is 0.285 e. The Hall–Kier alpha value is -0.120. The molecule has 1 rings (SSSR count). The number of hydrogen-bond donors (Lipinski definition) is 0. The van der Waals surface area contributed by atoms with E-state index >= 15 is 0 Å². The molecule has 0 aromatic heterocycles. The van der Waals surface area contributed by atoms with Crippen LogP contribution in [0.5, 0.6) is 0 Å². The Kier molecular flexibility index (Phi) is 4.99. The highest BCUT2D eigenvalue weighted by atomic mass is 16.9. The zero-order chi connectivity index (χ0) is 13.1. The monoisotopic (exact) mass is 244 g/mol. The minimum atomic E-state index is -0.844. The van der Waals surface area contributed by atoms with E-state index in [1.807, 2.05) is 0 Å². The Morgan fingerprint density at radius 3 is 1.35 bits per heavy atom. The molecule has 0 radical (unpaired) electrons. The van der Waals surface area contributed by atoms with Crippen LogP contribution in [0.4, 0.5) is 0 Å². The molecule has 0 aromatic rings. The summed E-state index contributed by atoms with van der Waals surface area (Å²) >= 11 is 0. The van der Waals surface area contributed by atoms with Crippen LogP contribution in [0.15, 0.2) is 0 Å². The van der Waals surface area contributed by atoms with Gasteiger partial charge in [0.05, 0.1) is 0 Å². The lowest BCUT2D eigenvalue weighted by Gasteiger charge is -2.43. The van der Waals surface area contributed by atoms with Crippen LogP contribution < -0.4 is 0 Å². The maximum atomic E-state index is 5.45. The molecule has 1 aliphatic carbocycles. The second-order valence-electron chi connectivity index (χ2n) is 6.13. The van der Waals surface area contributed by atoms with Crippen molar-refractivity contribution in [1.82, 2.24) is 0 Å². The van der Waals surface area contributed by atoms with E-state index in [2.05, 4.69) is 20.8 Å². The third-order valence-corrected chi connectivity index (χ3v) is 4.31. The van der Waals surface area contributed by atoms with Crippen LogP contribution in [0.1, 0.15) is 46.5 Å². The van der Waals surface area contributed by atoms with Gasteiger partial charge >= 0.3 is 0 Å². The number of rotatable bonds is 4. The molecule has 1 aliphatic rings. The summed E-state index contributed by atoms with van der Waals surface area (Å²) in [4.78, 5) is 0. The molecule has 102 valence electrons. The highest BCUT2D eigenvalue weighted by Gasteiger charge is 2.43. The molecule has 1 fully saturated rings. The molecule has 0 saturated heterocycles. The number of methoxy groups -OCH3 is 3. The fraction of sp³-hybridized carbons (Fsp3) is 1.00. The van der Waals surface area contributed by atoms with Crippen molar-refractivity contribution in [3.05, 3.63) is 0 Å². The number of ether oxygens (including phenoxy) is 3. The smallest absolute Gasteiger partial charge is 0.285 e. The summed E-state index contributed by atoms with van der Waals surface area (Å²) < 4.78 is 16.4. The Labute approximate surface area is 106 Å². The minimum absolute atomic E-state index is 0.334. The first-order chi connectivity index (χ1) is 7.89. The van der Waals surface area contributed by atoms with Crippen molar-refractivity contribution in [3.8, 4) is 0 Å². The van der Waals surface area contributed by atoms with E-state index in [0.29, 0.717) is 11.3 Å². The molecular formula is C14H28O3. The highest BCUT2D eigenvalue weighted by Crippen LogP contribution is 2.44. The van der Waals surface area contributed by atoms with E-state index < -0.39 is 5.97 Å². The van der Waals surface area contributed by atoms with Crippen LogP contribution in [0.25, 0.3) is 0 Å². The summed E-state index contributed by atoms with van der Waals surface area (Å²) in [6.07, 6.45) is 4.67. The molecule has 0 N–H and O–H groups in total. The van der Waals surface area contributed by atoms with E-state index in [9.17, 15) is 0 Å². The van der Waals surface area contributed by atoms with E-state index in [-0.39, 0.29) is 0 Å². The Bertz CT molecular complexity index is 212. The average Bonchev–Trinajstić information content (AvgIpc) is 2.32. The van der Waals surface area contributed by atoms with Crippen LogP contribution in [0.2, 0.25) is 0 Å². The molecule has 0 spiro atoms. The Balaban J connectivity index is 2.62. The summed E-state index contributed by atoms with van der Waals surface area (Å²) in [5, 5.41) is 0. The van der Waals surface area contributed by atoms with E-state index in [1.165, 1.54) is 12.8 Å². The number of hydrogen-bond acceptors (Lipinski definition) is 3. The molecular weight excluding hydrogens is 216 g/mol. The van der Waals surface area contributed by atoms with Crippen molar-refractivity contribution in [1.29, 1.82) is 0 Å². The molecule has 0 heterocycles. The van der Waals surface area contributed by atoms with E-state index in [1.54, 1.807) is 21.3 Å². The van der Waals surface area contributed by atoms with Crippen LogP contribution in [-0.4, -0.2) is 27.3 Å². The normalized spacial score (nSPS) is 27.2. The molecule has 17 heavy (non-hydrogen) atoms. The van der Waals surface area contributed by atoms with Crippen molar-refractivity contribution in [2.45, 2.75) is 52.4 Å². The topological polar surface area (TPSA) is 27.7 Å². The van der Waals surface area contributed by atoms with Gasteiger partial charge in [-0.15, -0.1) is 0 Å². The van der Waals surface area contributed by atoms with Crippen molar-refractivity contribution in [2.24, 2.45) is 17.3 Å². The van der Waals surface area contributed by atoms with Crippen molar-refractivity contribution in [3.63, 3.8) is 0 Å². The van der Waals surface area contributed by atoms with Crippen LogP contribution in [0.3, 0.4) is 0 Å². The van der Waals surface area contributed by atoms with Crippen LogP contribution in [-0.2, 0) is 14.2 Å². The first-order valence-corrected chi connectivity index (χ1v) is 6.55. The Morgan fingerprint density at radius 2 is 1.06 bits per heavy atom. The van der Waals surface area contributed by atoms with Gasteiger partial charge in [0, 0.05) is 27.2 Å². The van der Waals surface area contributed by atoms with Gasteiger partial charge < -0.3 is 14.2 Å².